The maximum Gasteiger partial charge on any atom is 0.245 e. The first-order valence-electron chi connectivity index (χ1n) is 7.09. The van der Waals surface area contributed by atoms with Gasteiger partial charge in [0.2, 0.25) is 5.88 Å². The van der Waals surface area contributed by atoms with Crippen molar-refractivity contribution in [2.45, 2.75) is 45.2 Å². The Morgan fingerprint density at radius 3 is 2.76 bits per heavy atom. The van der Waals surface area contributed by atoms with Crippen molar-refractivity contribution in [1.29, 1.82) is 0 Å². The quantitative estimate of drug-likeness (QED) is 0.554. The minimum atomic E-state index is 0.273. The molecule has 116 valence electrons. The number of aryl methyl sites for hydroxylation is 1. The van der Waals surface area contributed by atoms with E-state index in [9.17, 15) is 0 Å². The van der Waals surface area contributed by atoms with Gasteiger partial charge in [0.1, 0.15) is 12.2 Å². The average molecular weight is 313 g/mol. The molecule has 0 N–H and O–H groups in total. The number of fused-ring (bicyclic) bond motifs is 1. The Hall–Kier alpha value is -1.40. The summed E-state index contributed by atoms with van der Waals surface area (Å²) in [4.78, 5) is 12.9. The Labute approximate surface area is 129 Å². The van der Waals surface area contributed by atoms with Gasteiger partial charge in [-0.25, -0.2) is 9.97 Å². The summed E-state index contributed by atoms with van der Waals surface area (Å²) in [5.41, 5.74) is 1.43. The molecule has 0 spiro atoms. The van der Waals surface area contributed by atoms with E-state index in [1.54, 1.807) is 7.11 Å². The fourth-order valence-corrected chi connectivity index (χ4v) is 2.34. The summed E-state index contributed by atoms with van der Waals surface area (Å²) in [6.45, 7) is 5.65. The lowest BCUT2D eigenvalue weighted by molar-refractivity contribution is 0.0754. The number of ether oxygens (including phenoxy) is 2. The Morgan fingerprint density at radius 1 is 1.29 bits per heavy atom. The van der Waals surface area contributed by atoms with E-state index >= 15 is 0 Å². The normalized spacial score (nSPS) is 11.5. The highest BCUT2D eigenvalue weighted by molar-refractivity contribution is 6.16. The van der Waals surface area contributed by atoms with E-state index in [4.69, 9.17) is 21.1 Å². The molecular weight excluding hydrogens is 292 g/mol. The molecule has 0 unspecified atom stereocenters. The average Bonchev–Trinajstić information content (AvgIpc) is 2.84. The lowest BCUT2D eigenvalue weighted by Crippen LogP contribution is -2.07. The molecule has 0 amide bonds. The van der Waals surface area contributed by atoms with Crippen LogP contribution in [0.2, 0.25) is 0 Å². The molecule has 21 heavy (non-hydrogen) atoms. The first-order valence-corrected chi connectivity index (χ1v) is 7.62. The number of nitrogens with zero attached hydrogens (tertiary/aromatic N) is 4. The Balaban J connectivity index is 2.11. The number of methoxy groups -OCH3 is 1. The van der Waals surface area contributed by atoms with Crippen LogP contribution in [0.1, 0.15) is 32.5 Å². The number of unbranched alkanes of at least 4 members (excludes halogenated alkanes) is 1. The maximum absolute atomic E-state index is 5.98. The zero-order chi connectivity index (χ0) is 15.2. The number of hydrogen-bond acceptors (Lipinski definition) is 5. The van der Waals surface area contributed by atoms with Gasteiger partial charge in [-0.05, 0) is 26.7 Å². The summed E-state index contributed by atoms with van der Waals surface area (Å²) in [7, 11) is 1.57. The van der Waals surface area contributed by atoms with E-state index in [1.807, 2.05) is 18.4 Å². The third kappa shape index (κ3) is 3.83. The standard InChI is InChI=1S/C14H21ClN4O2/c1-10(2)21-7-5-4-6-19-11(8-15)18-12-13(19)16-9-17-14(12)20-3/h9-10H,4-8H2,1-3H3. The van der Waals surface area contributed by atoms with Crippen molar-refractivity contribution < 1.29 is 9.47 Å². The van der Waals surface area contributed by atoms with Gasteiger partial charge in [-0.1, -0.05) is 0 Å². The highest BCUT2D eigenvalue weighted by atomic mass is 35.5. The lowest BCUT2D eigenvalue weighted by Gasteiger charge is -2.09. The molecule has 2 rings (SSSR count). The van der Waals surface area contributed by atoms with E-state index < -0.39 is 0 Å². The van der Waals surface area contributed by atoms with E-state index in [0.717, 1.165) is 37.5 Å². The molecule has 6 nitrogen and oxygen atoms in total. The molecule has 2 aromatic heterocycles. The highest BCUT2D eigenvalue weighted by Gasteiger charge is 2.15. The van der Waals surface area contributed by atoms with Gasteiger partial charge in [0, 0.05) is 13.2 Å². The van der Waals surface area contributed by atoms with Crippen LogP contribution in [0.4, 0.5) is 0 Å². The number of imidazole rings is 1. The van der Waals surface area contributed by atoms with Crippen LogP contribution in [0.25, 0.3) is 11.2 Å². The molecule has 2 heterocycles. The molecule has 0 radical (unpaired) electrons. The van der Waals surface area contributed by atoms with Gasteiger partial charge in [0.05, 0.1) is 19.1 Å². The molecular formula is C14H21ClN4O2. The monoisotopic (exact) mass is 312 g/mol. The van der Waals surface area contributed by atoms with Crippen LogP contribution in [0.3, 0.4) is 0 Å². The van der Waals surface area contributed by atoms with Crippen molar-refractivity contribution in [3.8, 4) is 5.88 Å². The summed E-state index contributed by atoms with van der Waals surface area (Å²) >= 11 is 5.98. The second-order valence-electron chi connectivity index (χ2n) is 5.00. The van der Waals surface area contributed by atoms with Gasteiger partial charge < -0.3 is 14.0 Å². The minimum absolute atomic E-state index is 0.273. The van der Waals surface area contributed by atoms with Crippen LogP contribution >= 0.6 is 11.6 Å². The first kappa shape index (κ1) is 16.0. The lowest BCUT2D eigenvalue weighted by atomic mass is 10.3. The van der Waals surface area contributed by atoms with Crippen LogP contribution in [-0.4, -0.2) is 39.3 Å². The third-order valence-electron chi connectivity index (χ3n) is 3.12. The van der Waals surface area contributed by atoms with E-state index in [-0.39, 0.29) is 6.10 Å². The molecule has 0 aliphatic heterocycles. The molecule has 0 fully saturated rings. The Morgan fingerprint density at radius 2 is 2.10 bits per heavy atom. The third-order valence-corrected chi connectivity index (χ3v) is 3.36. The fourth-order valence-electron chi connectivity index (χ4n) is 2.14. The van der Waals surface area contributed by atoms with Crippen molar-refractivity contribution in [3.05, 3.63) is 12.2 Å². The van der Waals surface area contributed by atoms with E-state index in [1.165, 1.54) is 6.33 Å². The maximum atomic E-state index is 5.98. The van der Waals surface area contributed by atoms with Gasteiger partial charge in [-0.3, -0.25) is 0 Å². The molecule has 2 aromatic rings. The molecule has 0 aromatic carbocycles. The Bertz CT molecular complexity index is 586. The summed E-state index contributed by atoms with van der Waals surface area (Å²) in [6.07, 6.45) is 3.73. The van der Waals surface area contributed by atoms with Gasteiger partial charge >= 0.3 is 0 Å². The van der Waals surface area contributed by atoms with Crippen molar-refractivity contribution in [2.75, 3.05) is 13.7 Å². The SMILES string of the molecule is COc1ncnc2c1nc(CCl)n2CCCCOC(C)C. The summed E-state index contributed by atoms with van der Waals surface area (Å²) in [5, 5.41) is 0. The molecule has 0 bridgehead atoms. The second-order valence-corrected chi connectivity index (χ2v) is 5.26. The molecule has 0 saturated heterocycles. The number of aromatic nitrogens is 4. The molecule has 0 aliphatic rings. The summed E-state index contributed by atoms with van der Waals surface area (Å²) < 4.78 is 12.8. The van der Waals surface area contributed by atoms with Gasteiger partial charge in [-0.15, -0.1) is 11.6 Å². The topological polar surface area (TPSA) is 62.1 Å². The summed E-state index contributed by atoms with van der Waals surface area (Å²) in [6, 6.07) is 0. The van der Waals surface area contributed by atoms with Crippen LogP contribution in [0.5, 0.6) is 5.88 Å². The molecule has 0 atom stereocenters. The predicted molar refractivity (Wildman–Crippen MR) is 81.8 cm³/mol. The van der Waals surface area contributed by atoms with Crippen LogP contribution < -0.4 is 4.74 Å². The van der Waals surface area contributed by atoms with E-state index in [2.05, 4.69) is 15.0 Å². The zero-order valence-corrected chi connectivity index (χ0v) is 13.4. The van der Waals surface area contributed by atoms with Crippen LogP contribution in [0.15, 0.2) is 6.33 Å². The van der Waals surface area contributed by atoms with Crippen molar-refractivity contribution in [1.82, 2.24) is 19.5 Å². The smallest absolute Gasteiger partial charge is 0.245 e. The summed E-state index contributed by atoms with van der Waals surface area (Å²) in [5.74, 6) is 1.60. The van der Waals surface area contributed by atoms with Crippen molar-refractivity contribution in [3.63, 3.8) is 0 Å². The van der Waals surface area contributed by atoms with Crippen LogP contribution in [-0.2, 0) is 17.2 Å². The van der Waals surface area contributed by atoms with Gasteiger partial charge in [0.15, 0.2) is 11.2 Å². The number of hydrogen-bond donors (Lipinski definition) is 0. The number of halogens is 1. The van der Waals surface area contributed by atoms with Gasteiger partial charge in [-0.2, -0.15) is 4.98 Å². The largest absolute Gasteiger partial charge is 0.479 e. The first-order chi connectivity index (χ1) is 10.2. The predicted octanol–water partition coefficient (Wildman–Crippen LogP) is 2.78. The minimum Gasteiger partial charge on any atom is -0.479 e. The van der Waals surface area contributed by atoms with Crippen molar-refractivity contribution >= 4 is 22.8 Å². The van der Waals surface area contributed by atoms with Crippen LogP contribution in [0, 0.1) is 0 Å². The zero-order valence-electron chi connectivity index (χ0n) is 12.7. The van der Waals surface area contributed by atoms with E-state index in [0.29, 0.717) is 17.3 Å². The van der Waals surface area contributed by atoms with Crippen molar-refractivity contribution in [2.24, 2.45) is 0 Å². The highest BCUT2D eigenvalue weighted by Crippen LogP contribution is 2.22. The molecule has 7 heteroatoms. The molecule has 0 aliphatic carbocycles. The number of alkyl halides is 1. The molecule has 0 saturated carbocycles. The Kier molecular flexibility index (Phi) is 5.76. The van der Waals surface area contributed by atoms with Gasteiger partial charge in [0.25, 0.3) is 0 Å². The second kappa shape index (κ2) is 7.56. The fraction of sp³-hybridized carbons (Fsp3) is 0.643. The number of rotatable bonds is 8.